The molecule has 0 atom stereocenters. The number of nitrogen functional groups attached to an aromatic ring is 1. The molecular weight excluding hydrogens is 313 g/mol. The Bertz CT molecular complexity index is 809. The van der Waals surface area contributed by atoms with E-state index in [9.17, 15) is 12.8 Å². The summed E-state index contributed by atoms with van der Waals surface area (Å²) in [6, 6.07) is 7.08. The van der Waals surface area contributed by atoms with Crippen LogP contribution in [0.1, 0.15) is 11.1 Å². The summed E-state index contributed by atoms with van der Waals surface area (Å²) in [6.07, 6.45) is 0. The van der Waals surface area contributed by atoms with Gasteiger partial charge < -0.3 is 5.73 Å². The van der Waals surface area contributed by atoms with Crippen LogP contribution in [0.2, 0.25) is 0 Å². The summed E-state index contributed by atoms with van der Waals surface area (Å²) < 4.78 is 39.5. The van der Waals surface area contributed by atoms with Crippen molar-refractivity contribution in [2.45, 2.75) is 10.8 Å². The van der Waals surface area contributed by atoms with E-state index < -0.39 is 15.8 Å². The molecule has 0 aliphatic heterocycles. The van der Waals surface area contributed by atoms with Crippen LogP contribution >= 0.6 is 11.3 Å². The molecule has 0 bridgehead atoms. The molecular formula is C13H12FN3O2S2. The largest absolute Gasteiger partial charge is 0.398 e. The number of anilines is 1. The Hall–Kier alpha value is -1.95. The Balaban J connectivity index is 2.30. The van der Waals surface area contributed by atoms with Gasteiger partial charge in [0, 0.05) is 30.2 Å². The fourth-order valence-electron chi connectivity index (χ4n) is 1.71. The summed E-state index contributed by atoms with van der Waals surface area (Å²) in [6.45, 7) is -0.165. The maximum absolute atomic E-state index is 13.7. The van der Waals surface area contributed by atoms with Crippen LogP contribution in [-0.2, 0) is 16.6 Å². The van der Waals surface area contributed by atoms with Crippen molar-refractivity contribution in [3.05, 3.63) is 46.6 Å². The van der Waals surface area contributed by atoms with Crippen LogP contribution in [0.5, 0.6) is 0 Å². The normalized spacial score (nSPS) is 11.5. The third-order valence-corrected chi connectivity index (χ3v) is 6.06. The number of hydrogen-bond acceptors (Lipinski definition) is 5. The fourth-order valence-corrected chi connectivity index (χ4v) is 4.15. The molecule has 0 radical (unpaired) electrons. The number of hydrogen-bond donors (Lipinski definition) is 1. The second kappa shape index (κ2) is 5.81. The third kappa shape index (κ3) is 3.21. The molecule has 0 amide bonds. The first-order chi connectivity index (χ1) is 9.84. The van der Waals surface area contributed by atoms with E-state index in [1.165, 1.54) is 30.6 Å². The van der Waals surface area contributed by atoms with Gasteiger partial charge >= 0.3 is 0 Å². The molecule has 0 unspecified atom stereocenters. The summed E-state index contributed by atoms with van der Waals surface area (Å²) >= 11 is 1.01. The molecule has 0 saturated carbocycles. The number of benzene rings is 1. The standard InChI is InChI=1S/C13H12FN3O2S2/c1-17(21(18,19)13-5-11(16)8-20-13)7-10-4-9(6-15)2-3-12(10)14/h2-5,8H,7,16H2,1H3. The van der Waals surface area contributed by atoms with Crippen LogP contribution in [0.3, 0.4) is 0 Å². The molecule has 0 saturated heterocycles. The van der Waals surface area contributed by atoms with E-state index >= 15 is 0 Å². The maximum atomic E-state index is 13.7. The zero-order chi connectivity index (χ0) is 15.6. The van der Waals surface area contributed by atoms with Gasteiger partial charge in [-0.25, -0.2) is 12.8 Å². The number of rotatable bonds is 4. The lowest BCUT2D eigenvalue weighted by atomic mass is 10.1. The Kier molecular flexibility index (Phi) is 4.27. The average Bonchev–Trinajstić information content (AvgIpc) is 2.88. The van der Waals surface area contributed by atoms with Crippen LogP contribution in [0, 0.1) is 17.1 Å². The lowest BCUT2D eigenvalue weighted by Crippen LogP contribution is -2.26. The molecule has 1 aromatic carbocycles. The van der Waals surface area contributed by atoms with Crippen LogP contribution in [-0.4, -0.2) is 19.8 Å². The molecule has 1 heterocycles. The smallest absolute Gasteiger partial charge is 0.252 e. The molecule has 2 N–H and O–H groups in total. The lowest BCUT2D eigenvalue weighted by molar-refractivity contribution is 0.458. The highest BCUT2D eigenvalue weighted by Gasteiger charge is 2.23. The minimum atomic E-state index is -3.73. The molecule has 1 aromatic heterocycles. The number of halogens is 1. The Labute approximate surface area is 126 Å². The molecule has 5 nitrogen and oxygen atoms in total. The Morgan fingerprint density at radius 2 is 2.14 bits per heavy atom. The number of nitriles is 1. The molecule has 2 rings (SSSR count). The van der Waals surface area contributed by atoms with Gasteiger partial charge in [0.25, 0.3) is 10.0 Å². The topological polar surface area (TPSA) is 87.2 Å². The Morgan fingerprint density at radius 3 is 2.71 bits per heavy atom. The zero-order valence-corrected chi connectivity index (χ0v) is 12.7. The highest BCUT2D eigenvalue weighted by molar-refractivity contribution is 7.91. The predicted molar refractivity (Wildman–Crippen MR) is 78.5 cm³/mol. The van der Waals surface area contributed by atoms with Crippen molar-refractivity contribution in [3.8, 4) is 6.07 Å². The lowest BCUT2D eigenvalue weighted by Gasteiger charge is -2.16. The van der Waals surface area contributed by atoms with Gasteiger partial charge in [0.2, 0.25) is 0 Å². The molecule has 0 aliphatic rings. The van der Waals surface area contributed by atoms with Gasteiger partial charge in [0.15, 0.2) is 0 Å². The second-order valence-corrected chi connectivity index (χ2v) is 7.56. The van der Waals surface area contributed by atoms with Gasteiger partial charge in [-0.2, -0.15) is 9.57 Å². The van der Waals surface area contributed by atoms with Gasteiger partial charge in [-0.1, -0.05) is 0 Å². The average molecular weight is 325 g/mol. The van der Waals surface area contributed by atoms with Crippen molar-refractivity contribution >= 4 is 27.0 Å². The number of nitrogens with two attached hydrogens (primary N) is 1. The summed E-state index contributed by atoms with van der Waals surface area (Å²) in [7, 11) is -2.38. The van der Waals surface area contributed by atoms with Crippen LogP contribution < -0.4 is 5.73 Å². The van der Waals surface area contributed by atoms with Crippen molar-refractivity contribution in [2.75, 3.05) is 12.8 Å². The van der Waals surface area contributed by atoms with Crippen molar-refractivity contribution in [2.24, 2.45) is 0 Å². The van der Waals surface area contributed by atoms with Crippen molar-refractivity contribution in [1.82, 2.24) is 4.31 Å². The van der Waals surface area contributed by atoms with Crippen LogP contribution in [0.25, 0.3) is 0 Å². The molecule has 0 aliphatic carbocycles. The number of sulfonamides is 1. The molecule has 21 heavy (non-hydrogen) atoms. The Morgan fingerprint density at radius 1 is 1.43 bits per heavy atom. The molecule has 0 fully saturated rings. The predicted octanol–water partition coefficient (Wildman–Crippen LogP) is 2.16. The first kappa shape index (κ1) is 15.4. The SMILES string of the molecule is CN(Cc1cc(C#N)ccc1F)S(=O)(=O)c1cc(N)cs1. The van der Waals surface area contributed by atoms with Crippen molar-refractivity contribution < 1.29 is 12.8 Å². The minimum absolute atomic E-state index is 0.0966. The van der Waals surface area contributed by atoms with E-state index in [0.717, 1.165) is 21.7 Å². The second-order valence-electron chi connectivity index (χ2n) is 4.38. The van der Waals surface area contributed by atoms with E-state index in [-0.39, 0.29) is 21.9 Å². The van der Waals surface area contributed by atoms with Gasteiger partial charge in [0.1, 0.15) is 10.0 Å². The van der Waals surface area contributed by atoms with Gasteiger partial charge in [0.05, 0.1) is 11.6 Å². The molecule has 110 valence electrons. The highest BCUT2D eigenvalue weighted by atomic mass is 32.2. The third-order valence-electron chi connectivity index (χ3n) is 2.83. The molecule has 2 aromatic rings. The van der Waals surface area contributed by atoms with Gasteiger partial charge in [-0.05, 0) is 24.3 Å². The maximum Gasteiger partial charge on any atom is 0.252 e. The summed E-state index contributed by atoms with van der Waals surface area (Å²) in [5.74, 6) is -0.554. The van der Waals surface area contributed by atoms with Crippen molar-refractivity contribution in [1.29, 1.82) is 5.26 Å². The summed E-state index contributed by atoms with van der Waals surface area (Å²) in [4.78, 5) is 0. The van der Waals surface area contributed by atoms with E-state index in [4.69, 9.17) is 11.0 Å². The van der Waals surface area contributed by atoms with Gasteiger partial charge in [-0.3, -0.25) is 0 Å². The van der Waals surface area contributed by atoms with Gasteiger partial charge in [-0.15, -0.1) is 11.3 Å². The first-order valence-corrected chi connectivity index (χ1v) is 8.15. The van der Waals surface area contributed by atoms with Crippen LogP contribution in [0.15, 0.2) is 33.9 Å². The first-order valence-electron chi connectivity index (χ1n) is 5.83. The summed E-state index contributed by atoms with van der Waals surface area (Å²) in [5, 5.41) is 10.3. The van der Waals surface area contributed by atoms with Crippen LogP contribution in [0.4, 0.5) is 10.1 Å². The van der Waals surface area contributed by atoms with Crippen molar-refractivity contribution in [3.63, 3.8) is 0 Å². The monoisotopic (exact) mass is 325 g/mol. The summed E-state index contributed by atoms with van der Waals surface area (Å²) in [5.41, 5.74) is 6.31. The number of nitrogens with zero attached hydrogens (tertiary/aromatic N) is 2. The van der Waals surface area contributed by atoms with E-state index in [1.807, 2.05) is 6.07 Å². The van der Waals surface area contributed by atoms with E-state index in [1.54, 1.807) is 0 Å². The highest BCUT2D eigenvalue weighted by Crippen LogP contribution is 2.25. The van der Waals surface area contributed by atoms with E-state index in [2.05, 4.69) is 0 Å². The quantitative estimate of drug-likeness (QED) is 0.933. The number of thiophene rings is 1. The molecule has 8 heteroatoms. The minimum Gasteiger partial charge on any atom is -0.398 e. The van der Waals surface area contributed by atoms with E-state index in [0.29, 0.717) is 5.69 Å². The fraction of sp³-hybridized carbons (Fsp3) is 0.154. The zero-order valence-electron chi connectivity index (χ0n) is 11.1. The molecule has 0 spiro atoms.